The summed E-state index contributed by atoms with van der Waals surface area (Å²) in [6.45, 7) is 5.30. The van der Waals surface area contributed by atoms with E-state index in [2.05, 4.69) is 24.0 Å². The number of hydrogen-bond acceptors (Lipinski definition) is 2. The minimum atomic E-state index is 0.331. The molecule has 82 valence electrons. The van der Waals surface area contributed by atoms with Crippen LogP contribution in [-0.2, 0) is 6.54 Å². The van der Waals surface area contributed by atoms with Crippen molar-refractivity contribution in [2.24, 2.45) is 11.7 Å². The Balaban J connectivity index is 1.95. The van der Waals surface area contributed by atoms with Gasteiger partial charge in [-0.2, -0.15) is 0 Å². The lowest BCUT2D eigenvalue weighted by Crippen LogP contribution is -2.28. The fraction of sp³-hybridized carbons (Fsp3) is 0.500. The van der Waals surface area contributed by atoms with Gasteiger partial charge in [-0.25, -0.2) is 0 Å². The average Bonchev–Trinajstić information content (AvgIpc) is 2.50. The number of benzene rings is 1. The molecule has 0 spiro atoms. The molecule has 2 nitrogen and oxygen atoms in total. The number of nitrogens with zero attached hydrogens (tertiary/aromatic N) is 1. The molecular weight excluding hydrogens is 208 g/mol. The monoisotopic (exact) mass is 224 g/mol. The number of rotatable bonds is 2. The van der Waals surface area contributed by atoms with E-state index in [0.29, 0.717) is 12.0 Å². The molecule has 1 fully saturated rings. The smallest absolute Gasteiger partial charge is 0.0406 e. The van der Waals surface area contributed by atoms with Gasteiger partial charge in [0.2, 0.25) is 0 Å². The summed E-state index contributed by atoms with van der Waals surface area (Å²) in [5.74, 6) is 0.609. The molecular formula is C12H17ClN2. The Bertz CT molecular complexity index is 313. The molecule has 0 aromatic heterocycles. The van der Waals surface area contributed by atoms with Gasteiger partial charge >= 0.3 is 0 Å². The van der Waals surface area contributed by atoms with Crippen LogP contribution in [0.4, 0.5) is 0 Å². The fourth-order valence-electron chi connectivity index (χ4n) is 2.07. The van der Waals surface area contributed by atoms with Crippen molar-refractivity contribution in [1.29, 1.82) is 0 Å². The van der Waals surface area contributed by atoms with E-state index in [-0.39, 0.29) is 0 Å². The molecule has 1 saturated heterocycles. The highest BCUT2D eigenvalue weighted by atomic mass is 35.5. The van der Waals surface area contributed by atoms with Gasteiger partial charge in [-0.05, 0) is 23.6 Å². The summed E-state index contributed by atoms with van der Waals surface area (Å²) in [6, 6.07) is 8.37. The summed E-state index contributed by atoms with van der Waals surface area (Å²) in [7, 11) is 0. The van der Waals surface area contributed by atoms with E-state index < -0.39 is 0 Å². The first-order valence-corrected chi connectivity index (χ1v) is 5.75. The van der Waals surface area contributed by atoms with Crippen LogP contribution in [0.1, 0.15) is 12.5 Å². The van der Waals surface area contributed by atoms with Gasteiger partial charge in [-0.1, -0.05) is 30.7 Å². The molecule has 0 amide bonds. The molecule has 0 aliphatic carbocycles. The predicted octanol–water partition coefficient (Wildman–Crippen LogP) is 2.12. The number of hydrogen-bond donors (Lipinski definition) is 1. The molecule has 2 atom stereocenters. The van der Waals surface area contributed by atoms with Gasteiger partial charge < -0.3 is 5.73 Å². The van der Waals surface area contributed by atoms with E-state index >= 15 is 0 Å². The highest BCUT2D eigenvalue weighted by molar-refractivity contribution is 6.30. The van der Waals surface area contributed by atoms with Crippen LogP contribution < -0.4 is 5.73 Å². The van der Waals surface area contributed by atoms with E-state index in [0.717, 1.165) is 24.7 Å². The van der Waals surface area contributed by atoms with Crippen molar-refractivity contribution in [3.8, 4) is 0 Å². The Morgan fingerprint density at radius 2 is 2.00 bits per heavy atom. The lowest BCUT2D eigenvalue weighted by molar-refractivity contribution is 0.319. The Morgan fingerprint density at radius 1 is 1.33 bits per heavy atom. The maximum absolute atomic E-state index is 5.98. The van der Waals surface area contributed by atoms with Crippen molar-refractivity contribution in [2.75, 3.05) is 13.1 Å². The van der Waals surface area contributed by atoms with Gasteiger partial charge in [0.25, 0.3) is 0 Å². The summed E-state index contributed by atoms with van der Waals surface area (Å²) in [6.07, 6.45) is 0. The van der Waals surface area contributed by atoms with Gasteiger partial charge in [-0.3, -0.25) is 4.90 Å². The van der Waals surface area contributed by atoms with E-state index in [1.807, 2.05) is 12.1 Å². The number of likely N-dealkylation sites (tertiary alicyclic amines) is 1. The number of halogens is 1. The third-order valence-electron chi connectivity index (χ3n) is 3.07. The second kappa shape index (κ2) is 4.52. The van der Waals surface area contributed by atoms with Gasteiger partial charge in [0.15, 0.2) is 0 Å². The second-order valence-electron chi connectivity index (χ2n) is 4.46. The number of nitrogens with two attached hydrogens (primary N) is 1. The maximum Gasteiger partial charge on any atom is 0.0406 e. The third-order valence-corrected chi connectivity index (χ3v) is 3.32. The zero-order chi connectivity index (χ0) is 10.8. The highest BCUT2D eigenvalue weighted by Gasteiger charge is 2.26. The minimum absolute atomic E-state index is 0.331. The van der Waals surface area contributed by atoms with E-state index in [4.69, 9.17) is 17.3 Å². The molecule has 2 N–H and O–H groups in total. The fourth-order valence-corrected chi connectivity index (χ4v) is 2.20. The van der Waals surface area contributed by atoms with Crippen molar-refractivity contribution < 1.29 is 0 Å². The quantitative estimate of drug-likeness (QED) is 0.834. The summed E-state index contributed by atoms with van der Waals surface area (Å²) >= 11 is 5.84. The molecule has 1 aromatic carbocycles. The van der Waals surface area contributed by atoms with Crippen LogP contribution in [0.25, 0.3) is 0 Å². The summed E-state index contributed by atoms with van der Waals surface area (Å²) < 4.78 is 0. The lowest BCUT2D eigenvalue weighted by atomic mass is 10.1. The van der Waals surface area contributed by atoms with Crippen molar-refractivity contribution >= 4 is 11.6 Å². The molecule has 2 rings (SSSR count). The van der Waals surface area contributed by atoms with Crippen molar-refractivity contribution in [3.63, 3.8) is 0 Å². The molecule has 1 heterocycles. The van der Waals surface area contributed by atoms with E-state index in [9.17, 15) is 0 Å². The Labute approximate surface area is 96.0 Å². The normalized spacial score (nSPS) is 27.1. The summed E-state index contributed by atoms with van der Waals surface area (Å²) in [5.41, 5.74) is 7.29. The Kier molecular flexibility index (Phi) is 3.29. The first kappa shape index (κ1) is 10.9. The molecule has 15 heavy (non-hydrogen) atoms. The van der Waals surface area contributed by atoms with Gasteiger partial charge in [0, 0.05) is 30.7 Å². The molecule has 2 unspecified atom stereocenters. The summed E-state index contributed by atoms with van der Waals surface area (Å²) in [4.78, 5) is 2.40. The first-order valence-electron chi connectivity index (χ1n) is 5.37. The van der Waals surface area contributed by atoms with Crippen molar-refractivity contribution in [2.45, 2.75) is 19.5 Å². The molecule has 3 heteroatoms. The second-order valence-corrected chi connectivity index (χ2v) is 4.90. The van der Waals surface area contributed by atoms with Gasteiger partial charge in [0.1, 0.15) is 0 Å². The first-order chi connectivity index (χ1) is 7.15. The topological polar surface area (TPSA) is 29.3 Å². The SMILES string of the molecule is CC1CN(Cc2ccc(Cl)cc2)CC1N. The van der Waals surface area contributed by atoms with Gasteiger partial charge in [0.05, 0.1) is 0 Å². The van der Waals surface area contributed by atoms with Crippen LogP contribution in [-0.4, -0.2) is 24.0 Å². The average molecular weight is 225 g/mol. The molecule has 1 aromatic rings. The largest absolute Gasteiger partial charge is 0.326 e. The lowest BCUT2D eigenvalue weighted by Gasteiger charge is -2.15. The molecule has 1 aliphatic rings. The Morgan fingerprint density at radius 3 is 2.53 bits per heavy atom. The Hall–Kier alpha value is -0.570. The molecule has 0 bridgehead atoms. The summed E-state index contributed by atoms with van der Waals surface area (Å²) in [5, 5.41) is 0.797. The standard InChI is InChI=1S/C12H17ClN2/c1-9-6-15(8-12(9)14)7-10-2-4-11(13)5-3-10/h2-5,9,12H,6-8,14H2,1H3. The molecule has 0 radical (unpaired) electrons. The minimum Gasteiger partial charge on any atom is -0.326 e. The zero-order valence-electron chi connectivity index (χ0n) is 8.99. The third kappa shape index (κ3) is 2.71. The van der Waals surface area contributed by atoms with E-state index in [1.165, 1.54) is 5.56 Å². The van der Waals surface area contributed by atoms with Crippen LogP contribution in [0.15, 0.2) is 24.3 Å². The van der Waals surface area contributed by atoms with Crippen LogP contribution >= 0.6 is 11.6 Å². The van der Waals surface area contributed by atoms with E-state index in [1.54, 1.807) is 0 Å². The van der Waals surface area contributed by atoms with Crippen LogP contribution in [0.2, 0.25) is 5.02 Å². The van der Waals surface area contributed by atoms with Crippen LogP contribution in [0.3, 0.4) is 0 Å². The zero-order valence-corrected chi connectivity index (χ0v) is 9.74. The highest BCUT2D eigenvalue weighted by Crippen LogP contribution is 2.18. The van der Waals surface area contributed by atoms with Crippen molar-refractivity contribution in [3.05, 3.63) is 34.9 Å². The van der Waals surface area contributed by atoms with Gasteiger partial charge in [-0.15, -0.1) is 0 Å². The predicted molar refractivity (Wildman–Crippen MR) is 63.9 cm³/mol. The van der Waals surface area contributed by atoms with Crippen LogP contribution in [0.5, 0.6) is 0 Å². The van der Waals surface area contributed by atoms with Crippen molar-refractivity contribution in [1.82, 2.24) is 4.90 Å². The maximum atomic E-state index is 5.98. The molecule has 1 aliphatic heterocycles. The van der Waals surface area contributed by atoms with Crippen LogP contribution in [0, 0.1) is 5.92 Å². The molecule has 0 saturated carbocycles.